The molecule has 1 aromatic heterocycles. The summed E-state index contributed by atoms with van der Waals surface area (Å²) in [5.41, 5.74) is -1.02. The van der Waals surface area contributed by atoms with Gasteiger partial charge in [-0.2, -0.15) is 5.10 Å². The van der Waals surface area contributed by atoms with Crippen molar-refractivity contribution in [1.82, 2.24) is 9.78 Å². The lowest BCUT2D eigenvalue weighted by atomic mass is 10.1. The zero-order valence-electron chi connectivity index (χ0n) is 13.7. The summed E-state index contributed by atoms with van der Waals surface area (Å²) in [6.45, 7) is 2.94. The van der Waals surface area contributed by atoms with Crippen LogP contribution in [0, 0.1) is 10.1 Å². The van der Waals surface area contributed by atoms with Crippen molar-refractivity contribution in [2.45, 2.75) is 24.3 Å². The van der Waals surface area contributed by atoms with Gasteiger partial charge in [0.2, 0.25) is 0 Å². The Hall–Kier alpha value is -2.88. The lowest BCUT2D eigenvalue weighted by Gasteiger charge is -2.19. The maximum atomic E-state index is 12.3. The predicted octanol–water partition coefficient (Wildman–Crippen LogP) is 2.59. The lowest BCUT2D eigenvalue weighted by Crippen LogP contribution is -2.35. The van der Waals surface area contributed by atoms with Gasteiger partial charge < -0.3 is 10.4 Å². The Kier molecular flexibility index (Phi) is 5.12. The lowest BCUT2D eigenvalue weighted by molar-refractivity contribution is -0.387. The Morgan fingerprint density at radius 2 is 2.08 bits per heavy atom. The number of thioether (sulfide) groups is 1. The number of aromatic nitrogens is 2. The number of nitro benzene ring substituents is 1. The molecule has 1 aromatic carbocycles. The maximum Gasteiger partial charge on any atom is 0.331 e. The summed E-state index contributed by atoms with van der Waals surface area (Å²) in [6, 6.07) is 4.20. The molecule has 2 N–H and O–H groups in total. The topological polar surface area (TPSA) is 127 Å². The summed E-state index contributed by atoms with van der Waals surface area (Å²) >= 11 is 1.21. The van der Waals surface area contributed by atoms with Crippen molar-refractivity contribution in [3.05, 3.63) is 46.3 Å². The number of anilines is 1. The number of nitro groups is 1. The molecule has 0 saturated carbocycles. The number of benzene rings is 1. The van der Waals surface area contributed by atoms with Gasteiger partial charge in [-0.1, -0.05) is 0 Å². The van der Waals surface area contributed by atoms with Gasteiger partial charge in [0.25, 0.3) is 11.6 Å². The van der Waals surface area contributed by atoms with Crippen LogP contribution in [0.3, 0.4) is 0 Å². The van der Waals surface area contributed by atoms with Crippen LogP contribution in [0.4, 0.5) is 11.4 Å². The zero-order valence-corrected chi connectivity index (χ0v) is 14.5. The predicted molar refractivity (Wildman–Crippen MR) is 92.0 cm³/mol. The Bertz CT molecular complexity index is 846. The van der Waals surface area contributed by atoms with Crippen molar-refractivity contribution in [1.29, 1.82) is 0 Å². The molecule has 0 unspecified atom stereocenters. The highest BCUT2D eigenvalue weighted by Gasteiger charge is 2.30. The smallest absolute Gasteiger partial charge is 0.331 e. The summed E-state index contributed by atoms with van der Waals surface area (Å²) in [5, 5.41) is 26.8. The van der Waals surface area contributed by atoms with Crippen molar-refractivity contribution in [2.75, 3.05) is 11.6 Å². The minimum Gasteiger partial charge on any atom is -0.479 e. The molecule has 0 spiro atoms. The summed E-state index contributed by atoms with van der Waals surface area (Å²) in [7, 11) is 0. The third kappa shape index (κ3) is 3.79. The fourth-order valence-electron chi connectivity index (χ4n) is 1.97. The molecule has 1 heterocycles. The number of carboxylic acid groups (broad SMARTS) is 1. The van der Waals surface area contributed by atoms with E-state index in [1.54, 1.807) is 6.26 Å². The van der Waals surface area contributed by atoms with Crippen LogP contribution in [-0.2, 0) is 10.3 Å². The molecule has 1 amide bonds. The summed E-state index contributed by atoms with van der Waals surface area (Å²) < 4.78 is 1.21. The number of carbonyl (C=O) groups is 2. The molecule has 0 aliphatic carbocycles. The second-order valence-electron chi connectivity index (χ2n) is 5.64. The van der Waals surface area contributed by atoms with Crippen LogP contribution in [0.2, 0.25) is 0 Å². The fraction of sp³-hybridized carbons (Fsp3) is 0.267. The number of carbonyl (C=O) groups excluding carboxylic acids is 1. The van der Waals surface area contributed by atoms with E-state index in [-0.39, 0.29) is 16.9 Å². The van der Waals surface area contributed by atoms with Gasteiger partial charge in [0.15, 0.2) is 5.54 Å². The van der Waals surface area contributed by atoms with Crippen LogP contribution >= 0.6 is 11.8 Å². The van der Waals surface area contributed by atoms with Gasteiger partial charge in [-0.3, -0.25) is 19.6 Å². The van der Waals surface area contributed by atoms with E-state index < -0.39 is 22.3 Å². The molecular formula is C15H16N4O5S. The van der Waals surface area contributed by atoms with E-state index in [2.05, 4.69) is 10.4 Å². The first kappa shape index (κ1) is 18.5. The quantitative estimate of drug-likeness (QED) is 0.458. The summed E-state index contributed by atoms with van der Waals surface area (Å²) in [4.78, 5) is 34.5. The monoisotopic (exact) mass is 364 g/mol. The Morgan fingerprint density at radius 3 is 2.64 bits per heavy atom. The minimum absolute atomic E-state index is 0.120. The van der Waals surface area contributed by atoms with Crippen LogP contribution in [-0.4, -0.2) is 37.9 Å². The van der Waals surface area contributed by atoms with Crippen molar-refractivity contribution in [2.24, 2.45) is 0 Å². The first-order chi connectivity index (χ1) is 11.7. The molecule has 9 nitrogen and oxygen atoms in total. The number of aliphatic carboxylic acids is 1. The number of amides is 1. The average molecular weight is 364 g/mol. The van der Waals surface area contributed by atoms with E-state index in [1.165, 1.54) is 60.9 Å². The van der Waals surface area contributed by atoms with Gasteiger partial charge in [-0.05, 0) is 32.2 Å². The number of hydrogen-bond donors (Lipinski definition) is 2. The molecule has 0 radical (unpaired) electrons. The van der Waals surface area contributed by atoms with Crippen molar-refractivity contribution in [3.63, 3.8) is 0 Å². The highest BCUT2D eigenvalue weighted by molar-refractivity contribution is 7.98. The molecule has 2 aromatic rings. The van der Waals surface area contributed by atoms with Crippen molar-refractivity contribution >= 4 is 35.0 Å². The SMILES string of the molecule is CSc1ccc(C(=O)Nc2cnn(C(C)(C)C(=O)O)c2)cc1[N+](=O)[O-]. The molecule has 10 heteroatoms. The van der Waals surface area contributed by atoms with E-state index in [0.717, 1.165) is 0 Å². The number of nitrogens with zero attached hydrogens (tertiary/aromatic N) is 3. The van der Waals surface area contributed by atoms with Gasteiger partial charge in [-0.25, -0.2) is 4.79 Å². The van der Waals surface area contributed by atoms with E-state index in [4.69, 9.17) is 0 Å². The van der Waals surface area contributed by atoms with E-state index in [9.17, 15) is 24.8 Å². The van der Waals surface area contributed by atoms with Gasteiger partial charge in [0.1, 0.15) is 0 Å². The van der Waals surface area contributed by atoms with Crippen molar-refractivity contribution in [3.8, 4) is 0 Å². The largest absolute Gasteiger partial charge is 0.479 e. The first-order valence-corrected chi connectivity index (χ1v) is 8.31. The van der Waals surface area contributed by atoms with Crippen LogP contribution in [0.25, 0.3) is 0 Å². The maximum absolute atomic E-state index is 12.3. The van der Waals surface area contributed by atoms with Crippen LogP contribution in [0.1, 0.15) is 24.2 Å². The molecule has 0 aliphatic heterocycles. The fourth-order valence-corrected chi connectivity index (χ4v) is 2.51. The van der Waals surface area contributed by atoms with Gasteiger partial charge in [0, 0.05) is 17.8 Å². The van der Waals surface area contributed by atoms with Gasteiger partial charge in [-0.15, -0.1) is 11.8 Å². The molecule has 0 bridgehead atoms. The minimum atomic E-state index is -1.28. The summed E-state index contributed by atoms with van der Waals surface area (Å²) in [6.07, 6.45) is 4.41. The van der Waals surface area contributed by atoms with Gasteiger partial charge >= 0.3 is 5.97 Å². The van der Waals surface area contributed by atoms with Gasteiger partial charge in [0.05, 0.1) is 21.7 Å². The highest BCUT2D eigenvalue weighted by atomic mass is 32.2. The number of nitrogens with one attached hydrogen (secondary N) is 1. The van der Waals surface area contributed by atoms with Crippen molar-refractivity contribution < 1.29 is 19.6 Å². The Balaban J connectivity index is 2.24. The standard InChI is InChI=1S/C15H16N4O5S/c1-15(2,14(21)22)18-8-10(7-16-18)17-13(20)9-4-5-12(25-3)11(6-9)19(23)24/h4-8H,1-3H3,(H,17,20)(H,21,22). The number of hydrogen-bond acceptors (Lipinski definition) is 6. The van der Waals surface area contributed by atoms with E-state index in [0.29, 0.717) is 4.90 Å². The normalized spacial score (nSPS) is 11.2. The third-order valence-corrected chi connectivity index (χ3v) is 4.36. The van der Waals surface area contributed by atoms with E-state index >= 15 is 0 Å². The molecular weight excluding hydrogens is 348 g/mol. The third-order valence-electron chi connectivity index (χ3n) is 3.57. The van der Waals surface area contributed by atoms with Crippen LogP contribution in [0.5, 0.6) is 0 Å². The molecule has 0 saturated heterocycles. The Morgan fingerprint density at radius 1 is 1.40 bits per heavy atom. The molecule has 132 valence electrons. The Labute approximate surface area is 147 Å². The highest BCUT2D eigenvalue weighted by Crippen LogP contribution is 2.28. The molecule has 2 rings (SSSR count). The second-order valence-corrected chi connectivity index (χ2v) is 6.48. The van der Waals surface area contributed by atoms with Crippen LogP contribution < -0.4 is 5.32 Å². The van der Waals surface area contributed by atoms with E-state index in [1.807, 2.05) is 0 Å². The van der Waals surface area contributed by atoms with Crippen LogP contribution in [0.15, 0.2) is 35.5 Å². The zero-order chi connectivity index (χ0) is 18.8. The number of carboxylic acids is 1. The molecule has 0 aliphatic rings. The second kappa shape index (κ2) is 6.93. The molecule has 0 fully saturated rings. The molecule has 25 heavy (non-hydrogen) atoms. The average Bonchev–Trinajstić information content (AvgIpc) is 3.03. The number of rotatable bonds is 6. The summed E-state index contributed by atoms with van der Waals surface area (Å²) in [5.74, 6) is -1.62. The first-order valence-electron chi connectivity index (χ1n) is 7.09. The molecule has 0 atom stereocenters.